The fourth-order valence-corrected chi connectivity index (χ4v) is 4.15. The highest BCUT2D eigenvalue weighted by molar-refractivity contribution is 5.21. The van der Waals surface area contributed by atoms with Crippen molar-refractivity contribution in [1.82, 2.24) is 14.9 Å². The second kappa shape index (κ2) is 8.83. The molecular formula is C23H33N3O. The van der Waals surface area contributed by atoms with Gasteiger partial charge < -0.3 is 4.74 Å². The van der Waals surface area contributed by atoms with Crippen molar-refractivity contribution < 1.29 is 4.74 Å². The predicted molar refractivity (Wildman–Crippen MR) is 110 cm³/mol. The molecule has 0 saturated carbocycles. The number of rotatable bonds is 6. The van der Waals surface area contributed by atoms with E-state index in [1.807, 2.05) is 19.9 Å². The van der Waals surface area contributed by atoms with E-state index in [0.29, 0.717) is 12.0 Å². The van der Waals surface area contributed by atoms with Gasteiger partial charge in [0.25, 0.3) is 0 Å². The normalized spacial score (nSPS) is 19.3. The summed E-state index contributed by atoms with van der Waals surface area (Å²) in [4.78, 5) is 11.8. The highest BCUT2D eigenvalue weighted by atomic mass is 16.5. The van der Waals surface area contributed by atoms with Crippen LogP contribution in [0.4, 0.5) is 0 Å². The van der Waals surface area contributed by atoms with Crippen LogP contribution >= 0.6 is 0 Å². The minimum atomic E-state index is 0.148. The minimum Gasteiger partial charge on any atom is -0.475 e. The van der Waals surface area contributed by atoms with Gasteiger partial charge >= 0.3 is 0 Å². The summed E-state index contributed by atoms with van der Waals surface area (Å²) in [5.41, 5.74) is 4.77. The maximum atomic E-state index is 5.78. The van der Waals surface area contributed by atoms with Gasteiger partial charge in [0.05, 0.1) is 11.8 Å². The van der Waals surface area contributed by atoms with Gasteiger partial charge in [-0.25, -0.2) is 4.98 Å². The van der Waals surface area contributed by atoms with Crippen LogP contribution in [0.3, 0.4) is 0 Å². The summed E-state index contributed by atoms with van der Waals surface area (Å²) in [6.45, 7) is 12.8. The van der Waals surface area contributed by atoms with Crippen molar-refractivity contribution in [3.63, 3.8) is 0 Å². The summed E-state index contributed by atoms with van der Waals surface area (Å²) >= 11 is 0. The van der Waals surface area contributed by atoms with Crippen molar-refractivity contribution >= 4 is 0 Å². The fraction of sp³-hybridized carbons (Fsp3) is 0.565. The van der Waals surface area contributed by atoms with Crippen LogP contribution < -0.4 is 4.74 Å². The molecule has 4 nitrogen and oxygen atoms in total. The van der Waals surface area contributed by atoms with Crippen LogP contribution in [0.5, 0.6) is 5.88 Å². The Hall–Kier alpha value is -1.94. The third-order valence-electron chi connectivity index (χ3n) is 5.29. The third kappa shape index (κ3) is 5.52. The summed E-state index contributed by atoms with van der Waals surface area (Å²) in [5, 5.41) is 0. The molecule has 0 radical (unpaired) electrons. The summed E-state index contributed by atoms with van der Waals surface area (Å²) in [7, 11) is 0. The Kier molecular flexibility index (Phi) is 6.48. The molecule has 146 valence electrons. The SMILES string of the molecule is Cc1cc(C[C@H]2CCCN(C(C)c3cccc(OC(C)C)n3)C2)cc(C)n1. The van der Waals surface area contributed by atoms with Gasteiger partial charge in [-0.3, -0.25) is 9.88 Å². The lowest BCUT2D eigenvalue weighted by molar-refractivity contribution is 0.128. The van der Waals surface area contributed by atoms with Crippen molar-refractivity contribution in [2.45, 2.75) is 66.0 Å². The van der Waals surface area contributed by atoms with E-state index >= 15 is 0 Å². The number of hydrogen-bond acceptors (Lipinski definition) is 4. The van der Waals surface area contributed by atoms with Crippen LogP contribution in [0, 0.1) is 19.8 Å². The molecule has 0 aromatic carbocycles. The summed E-state index contributed by atoms with van der Waals surface area (Å²) in [6.07, 6.45) is 3.83. The third-order valence-corrected chi connectivity index (χ3v) is 5.29. The summed E-state index contributed by atoms with van der Waals surface area (Å²) < 4.78 is 5.78. The number of aromatic nitrogens is 2. The molecule has 3 rings (SSSR count). The first-order chi connectivity index (χ1) is 12.9. The highest BCUT2D eigenvalue weighted by Crippen LogP contribution is 2.28. The molecule has 27 heavy (non-hydrogen) atoms. The van der Waals surface area contributed by atoms with E-state index in [9.17, 15) is 0 Å². The molecule has 0 N–H and O–H groups in total. The zero-order valence-electron chi connectivity index (χ0n) is 17.4. The highest BCUT2D eigenvalue weighted by Gasteiger charge is 2.25. The molecular weight excluding hydrogens is 334 g/mol. The summed E-state index contributed by atoms with van der Waals surface area (Å²) in [6, 6.07) is 10.9. The molecule has 0 aliphatic carbocycles. The van der Waals surface area contributed by atoms with Crippen molar-refractivity contribution in [1.29, 1.82) is 0 Å². The first-order valence-electron chi connectivity index (χ1n) is 10.2. The Bertz CT molecular complexity index is 739. The fourth-order valence-electron chi connectivity index (χ4n) is 4.15. The van der Waals surface area contributed by atoms with E-state index in [0.717, 1.165) is 42.5 Å². The standard InChI is InChI=1S/C23H33N3O/c1-16(2)27-23-10-6-9-22(25-23)19(5)26-11-7-8-20(15-26)14-21-12-17(3)24-18(4)13-21/h6,9-10,12-13,16,19-20H,7-8,11,14-15H2,1-5H3/t19?,20-/m1/s1. The molecule has 1 aliphatic rings. The summed E-state index contributed by atoms with van der Waals surface area (Å²) in [5.74, 6) is 1.42. The Morgan fingerprint density at radius 1 is 1.11 bits per heavy atom. The van der Waals surface area contributed by atoms with Crippen LogP contribution in [0.25, 0.3) is 0 Å². The van der Waals surface area contributed by atoms with Gasteiger partial charge in [0.15, 0.2) is 0 Å². The zero-order valence-corrected chi connectivity index (χ0v) is 17.4. The first kappa shape index (κ1) is 19.8. The van der Waals surface area contributed by atoms with E-state index in [4.69, 9.17) is 9.72 Å². The molecule has 4 heteroatoms. The van der Waals surface area contributed by atoms with Crippen molar-refractivity contribution in [2.24, 2.45) is 5.92 Å². The van der Waals surface area contributed by atoms with Gasteiger partial charge in [-0.05, 0) is 90.1 Å². The van der Waals surface area contributed by atoms with Crippen LogP contribution in [-0.2, 0) is 6.42 Å². The molecule has 2 atom stereocenters. The van der Waals surface area contributed by atoms with E-state index < -0.39 is 0 Å². The van der Waals surface area contributed by atoms with Crippen LogP contribution in [0.1, 0.15) is 62.3 Å². The van der Waals surface area contributed by atoms with E-state index in [1.165, 1.54) is 18.4 Å². The van der Waals surface area contributed by atoms with Gasteiger partial charge in [0.1, 0.15) is 0 Å². The predicted octanol–water partition coefficient (Wildman–Crippen LogP) is 4.90. The Balaban J connectivity index is 1.66. The minimum absolute atomic E-state index is 0.148. The number of nitrogens with zero attached hydrogens (tertiary/aromatic N) is 3. The lowest BCUT2D eigenvalue weighted by Gasteiger charge is -2.36. The van der Waals surface area contributed by atoms with Crippen molar-refractivity contribution in [3.8, 4) is 5.88 Å². The maximum absolute atomic E-state index is 5.78. The molecule has 1 aliphatic heterocycles. The van der Waals surface area contributed by atoms with Crippen LogP contribution in [-0.4, -0.2) is 34.1 Å². The molecule has 2 aromatic rings. The Morgan fingerprint density at radius 2 is 1.85 bits per heavy atom. The average Bonchev–Trinajstić information content (AvgIpc) is 2.60. The van der Waals surface area contributed by atoms with Gasteiger partial charge in [-0.2, -0.15) is 0 Å². The second-order valence-electron chi connectivity index (χ2n) is 8.21. The second-order valence-corrected chi connectivity index (χ2v) is 8.21. The first-order valence-corrected chi connectivity index (χ1v) is 10.2. The molecule has 0 spiro atoms. The number of ether oxygens (including phenoxy) is 1. The molecule has 0 amide bonds. The van der Waals surface area contributed by atoms with Crippen molar-refractivity contribution in [2.75, 3.05) is 13.1 Å². The smallest absolute Gasteiger partial charge is 0.213 e. The Morgan fingerprint density at radius 3 is 2.56 bits per heavy atom. The molecule has 3 heterocycles. The molecule has 0 bridgehead atoms. The molecule has 2 aromatic heterocycles. The molecule has 1 unspecified atom stereocenters. The topological polar surface area (TPSA) is 38.2 Å². The van der Waals surface area contributed by atoms with Gasteiger partial charge in [-0.1, -0.05) is 6.07 Å². The van der Waals surface area contributed by atoms with Gasteiger partial charge in [0.2, 0.25) is 5.88 Å². The largest absolute Gasteiger partial charge is 0.475 e. The van der Waals surface area contributed by atoms with Crippen LogP contribution in [0.15, 0.2) is 30.3 Å². The van der Waals surface area contributed by atoms with Gasteiger partial charge in [0, 0.05) is 30.0 Å². The van der Waals surface area contributed by atoms with E-state index in [1.54, 1.807) is 0 Å². The maximum Gasteiger partial charge on any atom is 0.213 e. The number of piperidine rings is 1. The monoisotopic (exact) mass is 367 g/mol. The van der Waals surface area contributed by atoms with Crippen molar-refractivity contribution in [3.05, 3.63) is 53.0 Å². The number of aryl methyl sites for hydroxylation is 2. The lowest BCUT2D eigenvalue weighted by atomic mass is 9.90. The lowest BCUT2D eigenvalue weighted by Crippen LogP contribution is -2.38. The number of pyridine rings is 2. The van der Waals surface area contributed by atoms with E-state index in [-0.39, 0.29) is 6.10 Å². The quantitative estimate of drug-likeness (QED) is 0.728. The average molecular weight is 368 g/mol. The molecule has 1 fully saturated rings. The number of likely N-dealkylation sites (tertiary alicyclic amines) is 1. The number of hydrogen-bond donors (Lipinski definition) is 0. The molecule has 1 saturated heterocycles. The van der Waals surface area contributed by atoms with E-state index in [2.05, 4.69) is 54.9 Å². The van der Waals surface area contributed by atoms with Gasteiger partial charge in [-0.15, -0.1) is 0 Å². The zero-order chi connectivity index (χ0) is 19.4. The van der Waals surface area contributed by atoms with Crippen LogP contribution in [0.2, 0.25) is 0 Å². The Labute approximate surface area is 164 Å².